The summed E-state index contributed by atoms with van der Waals surface area (Å²) in [6, 6.07) is 21.9. The average molecular weight is 560 g/mol. The van der Waals surface area contributed by atoms with E-state index in [2.05, 4.69) is 86.2 Å². The Morgan fingerprint density at radius 3 is 2.32 bits per heavy atom. The molecule has 41 heavy (non-hydrogen) atoms. The van der Waals surface area contributed by atoms with Gasteiger partial charge in [-0.3, -0.25) is 9.47 Å². The summed E-state index contributed by atoms with van der Waals surface area (Å²) in [5.41, 5.74) is 3.71. The quantitative estimate of drug-likeness (QED) is 0.216. The van der Waals surface area contributed by atoms with Crippen LogP contribution in [-0.4, -0.2) is 99.4 Å². The van der Waals surface area contributed by atoms with E-state index in [1.54, 1.807) is 17.9 Å². The number of anilines is 1. The molecule has 216 valence electrons. The first-order valence-corrected chi connectivity index (χ1v) is 14.1. The summed E-state index contributed by atoms with van der Waals surface area (Å²) in [4.78, 5) is 16.4. The van der Waals surface area contributed by atoms with Crippen molar-refractivity contribution in [2.75, 3.05) is 45.7 Å². The molecule has 2 fully saturated rings. The number of benzene rings is 2. The minimum absolute atomic E-state index is 0.172. The van der Waals surface area contributed by atoms with E-state index in [1.807, 2.05) is 0 Å². The molecule has 0 saturated carbocycles. The minimum atomic E-state index is -1.14. The zero-order valence-corrected chi connectivity index (χ0v) is 23.3. The largest absolute Gasteiger partial charge is 0.387 e. The summed E-state index contributed by atoms with van der Waals surface area (Å²) in [5, 5.41) is 27.9. The van der Waals surface area contributed by atoms with Crippen molar-refractivity contribution in [3.8, 4) is 0 Å². The van der Waals surface area contributed by atoms with Crippen LogP contribution in [0.3, 0.4) is 0 Å². The third-order valence-electron chi connectivity index (χ3n) is 7.93. The molecule has 0 aliphatic carbocycles. The zero-order valence-electron chi connectivity index (χ0n) is 23.3. The number of nitrogens with zero attached hydrogens (tertiary/aromatic N) is 5. The Balaban J connectivity index is 1.11. The third-order valence-corrected chi connectivity index (χ3v) is 7.93. The summed E-state index contributed by atoms with van der Waals surface area (Å²) in [7, 11) is 3.32. The lowest BCUT2D eigenvalue weighted by molar-refractivity contribution is -0.0580. The second kappa shape index (κ2) is 12.2. The van der Waals surface area contributed by atoms with Crippen molar-refractivity contribution in [1.29, 1.82) is 0 Å². The van der Waals surface area contributed by atoms with Crippen molar-refractivity contribution in [2.45, 2.75) is 43.0 Å². The molecule has 2 saturated heterocycles. The fourth-order valence-electron chi connectivity index (χ4n) is 5.82. The maximum atomic E-state index is 10.7. The topological polar surface area (TPSA) is 130 Å². The van der Waals surface area contributed by atoms with Crippen molar-refractivity contribution in [1.82, 2.24) is 29.7 Å². The molecule has 2 aromatic heterocycles. The lowest BCUT2D eigenvalue weighted by Crippen LogP contribution is -2.59. The van der Waals surface area contributed by atoms with Gasteiger partial charge in [-0.25, -0.2) is 15.0 Å². The highest BCUT2D eigenvalue weighted by molar-refractivity contribution is 5.83. The van der Waals surface area contributed by atoms with Crippen LogP contribution < -0.4 is 10.6 Å². The molecule has 4 atom stereocenters. The summed E-state index contributed by atoms with van der Waals surface area (Å²) in [6.45, 7) is 2.79. The summed E-state index contributed by atoms with van der Waals surface area (Å²) in [5.74, 6) is 1.26. The van der Waals surface area contributed by atoms with Crippen molar-refractivity contribution in [3.63, 3.8) is 0 Å². The molecule has 0 bridgehead atoms. The van der Waals surface area contributed by atoms with Gasteiger partial charge in [0.05, 0.1) is 19.0 Å². The molecule has 0 radical (unpaired) electrons. The first kappa shape index (κ1) is 27.7. The van der Waals surface area contributed by atoms with E-state index in [1.165, 1.54) is 18.2 Å². The maximum absolute atomic E-state index is 10.7. The maximum Gasteiger partial charge on any atom is 0.167 e. The molecular weight excluding hydrogens is 522 g/mol. The van der Waals surface area contributed by atoms with Crippen LogP contribution in [0.4, 0.5) is 5.82 Å². The van der Waals surface area contributed by atoms with E-state index in [0.29, 0.717) is 35.3 Å². The SMILES string of the molecule is CNc1nc(CCNC2CN(C(c3ccccc3)c3ccccc3)C2)nc2c1ncn2[C@@H]1O[C@H](COC)[C@@H](O)[C@H]1O. The molecule has 11 nitrogen and oxygen atoms in total. The number of methoxy groups -OCH3 is 1. The fourth-order valence-corrected chi connectivity index (χ4v) is 5.82. The minimum Gasteiger partial charge on any atom is -0.387 e. The first-order valence-electron chi connectivity index (χ1n) is 14.1. The number of aliphatic hydroxyl groups excluding tert-OH is 2. The summed E-state index contributed by atoms with van der Waals surface area (Å²) in [6.07, 6.45) is -1.49. The van der Waals surface area contributed by atoms with Gasteiger partial charge in [-0.15, -0.1) is 0 Å². The van der Waals surface area contributed by atoms with Gasteiger partial charge in [0.25, 0.3) is 0 Å². The van der Waals surface area contributed by atoms with Gasteiger partial charge in [0, 0.05) is 46.3 Å². The molecule has 0 unspecified atom stereocenters. The van der Waals surface area contributed by atoms with Gasteiger partial charge < -0.3 is 30.3 Å². The van der Waals surface area contributed by atoms with Gasteiger partial charge in [-0.1, -0.05) is 60.7 Å². The Labute approximate surface area is 239 Å². The zero-order chi connectivity index (χ0) is 28.3. The van der Waals surface area contributed by atoms with Crippen molar-refractivity contribution in [3.05, 3.63) is 83.9 Å². The van der Waals surface area contributed by atoms with Crippen LogP contribution in [0.1, 0.15) is 29.2 Å². The molecule has 4 heterocycles. The molecular formula is C30H37N7O4. The monoisotopic (exact) mass is 559 g/mol. The van der Waals surface area contributed by atoms with Crippen LogP contribution in [0.25, 0.3) is 11.2 Å². The summed E-state index contributed by atoms with van der Waals surface area (Å²) >= 11 is 0. The van der Waals surface area contributed by atoms with E-state index in [-0.39, 0.29) is 12.6 Å². The molecule has 2 aliphatic rings. The number of aromatic nitrogens is 4. The molecule has 0 spiro atoms. The number of nitrogens with one attached hydrogen (secondary N) is 2. The molecule has 4 N–H and O–H groups in total. The van der Waals surface area contributed by atoms with Crippen LogP contribution >= 0.6 is 0 Å². The molecule has 4 aromatic rings. The number of likely N-dealkylation sites (tertiary alicyclic amines) is 1. The van der Waals surface area contributed by atoms with Crippen LogP contribution in [0.15, 0.2) is 67.0 Å². The van der Waals surface area contributed by atoms with E-state index in [9.17, 15) is 10.2 Å². The Morgan fingerprint density at radius 2 is 1.68 bits per heavy atom. The van der Waals surface area contributed by atoms with E-state index in [4.69, 9.17) is 14.5 Å². The van der Waals surface area contributed by atoms with Crippen molar-refractivity contribution < 1.29 is 19.7 Å². The van der Waals surface area contributed by atoms with Gasteiger partial charge in [0.2, 0.25) is 0 Å². The molecule has 2 aromatic carbocycles. The highest BCUT2D eigenvalue weighted by atomic mass is 16.6. The number of hydrogen-bond donors (Lipinski definition) is 4. The predicted octanol–water partition coefficient (Wildman–Crippen LogP) is 1.74. The van der Waals surface area contributed by atoms with E-state index in [0.717, 1.165) is 19.6 Å². The predicted molar refractivity (Wildman–Crippen MR) is 154 cm³/mol. The third kappa shape index (κ3) is 5.56. The van der Waals surface area contributed by atoms with Gasteiger partial charge in [-0.2, -0.15) is 0 Å². The molecule has 11 heteroatoms. The molecule has 2 aliphatic heterocycles. The van der Waals surface area contributed by atoms with Gasteiger partial charge in [0.1, 0.15) is 24.1 Å². The lowest BCUT2D eigenvalue weighted by atomic mass is 9.93. The van der Waals surface area contributed by atoms with Gasteiger partial charge in [0.15, 0.2) is 23.2 Å². The second-order valence-corrected chi connectivity index (χ2v) is 10.6. The number of fused-ring (bicyclic) bond motifs is 1. The smallest absolute Gasteiger partial charge is 0.167 e. The average Bonchev–Trinajstić information content (AvgIpc) is 3.52. The van der Waals surface area contributed by atoms with Crippen LogP contribution in [0.5, 0.6) is 0 Å². The fraction of sp³-hybridized carbons (Fsp3) is 0.433. The highest BCUT2D eigenvalue weighted by Gasteiger charge is 2.44. The van der Waals surface area contributed by atoms with Crippen LogP contribution in [0, 0.1) is 0 Å². The van der Waals surface area contributed by atoms with Gasteiger partial charge >= 0.3 is 0 Å². The Morgan fingerprint density at radius 1 is 1.00 bits per heavy atom. The highest BCUT2D eigenvalue weighted by Crippen LogP contribution is 2.34. The van der Waals surface area contributed by atoms with Crippen molar-refractivity contribution in [2.24, 2.45) is 0 Å². The Kier molecular flexibility index (Phi) is 8.24. The first-order chi connectivity index (χ1) is 20.1. The number of imidazole rings is 1. The number of aliphatic hydroxyl groups is 2. The van der Waals surface area contributed by atoms with Crippen LogP contribution in [-0.2, 0) is 15.9 Å². The number of hydrogen-bond acceptors (Lipinski definition) is 10. The lowest BCUT2D eigenvalue weighted by Gasteiger charge is -2.45. The Hall–Kier alpha value is -3.45. The molecule has 6 rings (SSSR count). The molecule has 0 amide bonds. The standard InChI is InChI=1S/C30H37N7O4/c1-31-28-24-29(37(18-33-24)30-27(39)26(38)22(41-30)17-40-2)35-23(34-28)13-14-32-21-15-36(16-21)25(19-9-5-3-6-10-19)20-11-7-4-8-12-20/h3-12,18,21-22,25-27,30,32,38-39H,13-17H2,1-2H3,(H,31,34,35)/t22-,26-,27-,30-/m1/s1. The van der Waals surface area contributed by atoms with Crippen LogP contribution in [0.2, 0.25) is 0 Å². The number of ether oxygens (including phenoxy) is 2. The number of rotatable bonds is 11. The second-order valence-electron chi connectivity index (χ2n) is 10.6. The Bertz CT molecular complexity index is 1390. The van der Waals surface area contributed by atoms with Gasteiger partial charge in [-0.05, 0) is 11.1 Å². The normalized spacial score (nSPS) is 23.3. The van der Waals surface area contributed by atoms with E-state index >= 15 is 0 Å². The summed E-state index contributed by atoms with van der Waals surface area (Å²) < 4.78 is 12.7. The van der Waals surface area contributed by atoms with E-state index < -0.39 is 24.5 Å². The van der Waals surface area contributed by atoms with Crippen molar-refractivity contribution >= 4 is 17.0 Å².